The van der Waals surface area contributed by atoms with E-state index in [1.165, 1.54) is 0 Å². The normalized spacial score (nSPS) is 8.82. The van der Waals surface area contributed by atoms with Crippen molar-refractivity contribution in [1.29, 1.82) is 0 Å². The molecule has 0 fully saturated rings. The molecule has 0 radical (unpaired) electrons. The van der Waals surface area contributed by atoms with Crippen LogP contribution in [0.4, 0.5) is 0 Å². The Balaban J connectivity index is 3.26. The van der Waals surface area contributed by atoms with Crippen LogP contribution in [0.2, 0.25) is 0 Å². The van der Waals surface area contributed by atoms with Crippen molar-refractivity contribution in [2.45, 2.75) is 25.7 Å². The molecule has 0 heterocycles. The minimum absolute atomic E-state index is 0.182. The van der Waals surface area contributed by atoms with Crippen LogP contribution in [0.5, 0.6) is 0 Å². The molecule has 0 spiro atoms. The van der Waals surface area contributed by atoms with Gasteiger partial charge in [0, 0.05) is 26.9 Å². The van der Waals surface area contributed by atoms with Gasteiger partial charge in [-0.05, 0) is 12.8 Å². The summed E-state index contributed by atoms with van der Waals surface area (Å²) in [5, 5.41) is 0. The first kappa shape index (κ1) is 10.0. The second-order valence-electron chi connectivity index (χ2n) is 2.70. The average Bonchev–Trinajstić information content (AvgIpc) is 1.97. The molecular formula is C9H15NO. The summed E-state index contributed by atoms with van der Waals surface area (Å²) in [6.07, 6.45) is 8.32. The maximum Gasteiger partial charge on any atom is 0.222 e. The van der Waals surface area contributed by atoms with Gasteiger partial charge in [0.15, 0.2) is 0 Å². The van der Waals surface area contributed by atoms with Crippen molar-refractivity contribution in [3.8, 4) is 12.3 Å². The molecule has 0 aromatic heterocycles. The number of unbranched alkanes of at least 4 members (excludes halogenated alkanes) is 2. The van der Waals surface area contributed by atoms with Crippen molar-refractivity contribution in [2.24, 2.45) is 0 Å². The number of carbonyl (C=O) groups is 1. The van der Waals surface area contributed by atoms with Crippen LogP contribution in [0.25, 0.3) is 0 Å². The Morgan fingerprint density at radius 1 is 1.45 bits per heavy atom. The number of carbonyl (C=O) groups excluding carboxylic acids is 1. The maximum atomic E-state index is 11.0. The number of hydrogen-bond donors (Lipinski definition) is 0. The standard InChI is InChI=1S/C9H15NO/c1-4-5-6-7-8-9(11)10(2)3/h1H,5-8H2,2-3H3. The molecule has 1 amide bonds. The highest BCUT2D eigenvalue weighted by atomic mass is 16.2. The van der Waals surface area contributed by atoms with Gasteiger partial charge < -0.3 is 4.90 Å². The number of amides is 1. The summed E-state index contributed by atoms with van der Waals surface area (Å²) < 4.78 is 0. The van der Waals surface area contributed by atoms with E-state index in [2.05, 4.69) is 5.92 Å². The molecule has 2 heteroatoms. The van der Waals surface area contributed by atoms with E-state index in [1.807, 2.05) is 0 Å². The predicted octanol–water partition coefficient (Wildman–Crippen LogP) is 1.27. The van der Waals surface area contributed by atoms with E-state index in [-0.39, 0.29) is 5.91 Å². The van der Waals surface area contributed by atoms with Crippen LogP contribution in [0.3, 0.4) is 0 Å². The Labute approximate surface area is 68.6 Å². The van der Waals surface area contributed by atoms with Crippen LogP contribution in [0, 0.1) is 12.3 Å². The molecule has 62 valence electrons. The summed E-state index contributed by atoms with van der Waals surface area (Å²) in [6, 6.07) is 0. The van der Waals surface area contributed by atoms with Crippen LogP contribution in [0.1, 0.15) is 25.7 Å². The minimum Gasteiger partial charge on any atom is -0.349 e. The molecule has 0 atom stereocenters. The summed E-state index contributed by atoms with van der Waals surface area (Å²) in [5.41, 5.74) is 0. The van der Waals surface area contributed by atoms with Crippen molar-refractivity contribution < 1.29 is 4.79 Å². The van der Waals surface area contributed by atoms with Gasteiger partial charge in [-0.15, -0.1) is 12.3 Å². The third-order valence-corrected chi connectivity index (χ3v) is 1.46. The van der Waals surface area contributed by atoms with Crippen LogP contribution >= 0.6 is 0 Å². The van der Waals surface area contributed by atoms with Gasteiger partial charge in [-0.2, -0.15) is 0 Å². The van der Waals surface area contributed by atoms with E-state index in [9.17, 15) is 4.79 Å². The van der Waals surface area contributed by atoms with E-state index in [0.717, 1.165) is 19.3 Å². The lowest BCUT2D eigenvalue weighted by Crippen LogP contribution is -2.20. The van der Waals surface area contributed by atoms with Crippen LogP contribution < -0.4 is 0 Å². The molecule has 0 saturated heterocycles. The quantitative estimate of drug-likeness (QED) is 0.440. The van der Waals surface area contributed by atoms with Gasteiger partial charge in [0.2, 0.25) is 5.91 Å². The van der Waals surface area contributed by atoms with Crippen molar-refractivity contribution in [3.05, 3.63) is 0 Å². The molecule has 0 N–H and O–H groups in total. The third kappa shape index (κ3) is 5.47. The first-order valence-electron chi connectivity index (χ1n) is 3.82. The highest BCUT2D eigenvalue weighted by Crippen LogP contribution is 2.00. The predicted molar refractivity (Wildman–Crippen MR) is 46.0 cm³/mol. The summed E-state index contributed by atoms with van der Waals surface area (Å²) in [6.45, 7) is 0. The fourth-order valence-electron chi connectivity index (χ4n) is 0.727. The van der Waals surface area contributed by atoms with Gasteiger partial charge in [0.1, 0.15) is 0 Å². The molecule has 0 bridgehead atoms. The SMILES string of the molecule is C#CCCCCC(=O)N(C)C. The molecule has 2 nitrogen and oxygen atoms in total. The van der Waals surface area contributed by atoms with Crippen molar-refractivity contribution in [1.82, 2.24) is 4.90 Å². The molecule has 0 rings (SSSR count). The fraction of sp³-hybridized carbons (Fsp3) is 0.667. The Kier molecular flexibility index (Phi) is 5.28. The monoisotopic (exact) mass is 153 g/mol. The van der Waals surface area contributed by atoms with Crippen molar-refractivity contribution >= 4 is 5.91 Å². The van der Waals surface area contributed by atoms with E-state index in [4.69, 9.17) is 6.42 Å². The lowest BCUT2D eigenvalue weighted by Gasteiger charge is -2.08. The van der Waals surface area contributed by atoms with Crippen molar-refractivity contribution in [2.75, 3.05) is 14.1 Å². The number of terminal acetylenes is 1. The average molecular weight is 153 g/mol. The zero-order valence-corrected chi connectivity index (χ0v) is 7.26. The first-order valence-corrected chi connectivity index (χ1v) is 3.82. The second kappa shape index (κ2) is 5.79. The smallest absolute Gasteiger partial charge is 0.222 e. The van der Waals surface area contributed by atoms with E-state index < -0.39 is 0 Å². The molecule has 0 aliphatic rings. The summed E-state index contributed by atoms with van der Waals surface area (Å²) >= 11 is 0. The zero-order valence-electron chi connectivity index (χ0n) is 7.26. The van der Waals surface area contributed by atoms with Gasteiger partial charge in [-0.25, -0.2) is 0 Å². The van der Waals surface area contributed by atoms with Crippen LogP contribution in [-0.4, -0.2) is 24.9 Å². The number of rotatable bonds is 4. The third-order valence-electron chi connectivity index (χ3n) is 1.46. The summed E-state index contributed by atoms with van der Waals surface area (Å²) in [5.74, 6) is 2.73. The van der Waals surface area contributed by atoms with Crippen LogP contribution in [0.15, 0.2) is 0 Å². The highest BCUT2D eigenvalue weighted by Gasteiger charge is 2.01. The minimum atomic E-state index is 0.182. The largest absolute Gasteiger partial charge is 0.349 e. The summed E-state index contributed by atoms with van der Waals surface area (Å²) in [7, 11) is 3.53. The molecule has 11 heavy (non-hydrogen) atoms. The van der Waals surface area contributed by atoms with Gasteiger partial charge in [-0.1, -0.05) is 0 Å². The molecule has 0 saturated carbocycles. The Bertz CT molecular complexity index is 155. The molecular weight excluding hydrogens is 138 g/mol. The Hall–Kier alpha value is -0.970. The molecule has 0 unspecified atom stereocenters. The lowest BCUT2D eigenvalue weighted by molar-refractivity contribution is -0.128. The van der Waals surface area contributed by atoms with Gasteiger partial charge in [0.25, 0.3) is 0 Å². The van der Waals surface area contributed by atoms with E-state index in [0.29, 0.717) is 6.42 Å². The summed E-state index contributed by atoms with van der Waals surface area (Å²) in [4.78, 5) is 12.6. The van der Waals surface area contributed by atoms with Crippen molar-refractivity contribution in [3.63, 3.8) is 0 Å². The van der Waals surface area contributed by atoms with Gasteiger partial charge in [0.05, 0.1) is 0 Å². The van der Waals surface area contributed by atoms with Gasteiger partial charge in [-0.3, -0.25) is 4.79 Å². The molecule has 0 aliphatic heterocycles. The van der Waals surface area contributed by atoms with Crippen LogP contribution in [-0.2, 0) is 4.79 Å². The number of nitrogens with zero attached hydrogens (tertiary/aromatic N) is 1. The second-order valence-corrected chi connectivity index (χ2v) is 2.70. The molecule has 0 aromatic carbocycles. The number of hydrogen-bond acceptors (Lipinski definition) is 1. The highest BCUT2D eigenvalue weighted by molar-refractivity contribution is 5.75. The van der Waals surface area contributed by atoms with E-state index in [1.54, 1.807) is 19.0 Å². The Morgan fingerprint density at radius 2 is 2.09 bits per heavy atom. The molecule has 0 aromatic rings. The molecule has 0 aliphatic carbocycles. The topological polar surface area (TPSA) is 20.3 Å². The van der Waals surface area contributed by atoms with Gasteiger partial charge >= 0.3 is 0 Å². The zero-order chi connectivity index (χ0) is 8.69. The van der Waals surface area contributed by atoms with E-state index >= 15 is 0 Å². The Morgan fingerprint density at radius 3 is 2.55 bits per heavy atom. The fourth-order valence-corrected chi connectivity index (χ4v) is 0.727. The first-order chi connectivity index (χ1) is 5.18. The lowest BCUT2D eigenvalue weighted by atomic mass is 10.2. The maximum absolute atomic E-state index is 11.0.